The van der Waals surface area contributed by atoms with Crippen molar-refractivity contribution in [1.82, 2.24) is 9.97 Å². The van der Waals surface area contributed by atoms with Crippen molar-refractivity contribution < 1.29 is 18.8 Å². The van der Waals surface area contributed by atoms with Gasteiger partial charge < -0.3 is 19.8 Å². The fourth-order valence-corrected chi connectivity index (χ4v) is 1.58. The lowest BCUT2D eigenvalue weighted by atomic mass is 10.6. The average molecular weight is 245 g/mol. The molecule has 0 unspecified atom stereocenters. The molecule has 1 heterocycles. The average Bonchev–Trinajstić information content (AvgIpc) is 2.15. The van der Waals surface area contributed by atoms with Gasteiger partial charge in [0.05, 0.1) is 13.3 Å². The summed E-state index contributed by atoms with van der Waals surface area (Å²) in [5.74, 6) is -0.174. The minimum atomic E-state index is -2.54. The molecule has 0 bridgehead atoms. The third-order valence-corrected chi connectivity index (χ3v) is 2.96. The Hall–Kier alpha value is -1.62. The summed E-state index contributed by atoms with van der Waals surface area (Å²) in [6.45, 7) is 3.09. The number of methoxy groups -OCH3 is 1. The quantitative estimate of drug-likeness (QED) is 0.762. The van der Waals surface area contributed by atoms with Crippen LogP contribution in [0.25, 0.3) is 0 Å². The van der Waals surface area contributed by atoms with Crippen LogP contribution in [0.4, 0.5) is 4.79 Å². The van der Waals surface area contributed by atoms with E-state index in [0.717, 1.165) is 0 Å². The van der Waals surface area contributed by atoms with Crippen LogP contribution >= 0.6 is 7.14 Å². The molecule has 0 saturated carbocycles. The Kier molecular flexibility index (Phi) is 3.49. The Morgan fingerprint density at radius 3 is 2.50 bits per heavy atom. The number of ether oxygens (including phenoxy) is 2. The van der Waals surface area contributed by atoms with Gasteiger partial charge in [-0.1, -0.05) is 0 Å². The third kappa shape index (κ3) is 2.93. The first-order valence-electron chi connectivity index (χ1n) is 4.28. The van der Waals surface area contributed by atoms with E-state index in [4.69, 9.17) is 10.5 Å². The highest BCUT2D eigenvalue weighted by atomic mass is 31.2. The van der Waals surface area contributed by atoms with E-state index in [1.54, 1.807) is 13.3 Å². The van der Waals surface area contributed by atoms with Gasteiger partial charge in [-0.05, 0) is 13.3 Å². The summed E-state index contributed by atoms with van der Waals surface area (Å²) in [6, 6.07) is 0. The molecule has 1 amide bonds. The molecule has 2 N–H and O–H groups in total. The van der Waals surface area contributed by atoms with E-state index in [-0.39, 0.29) is 11.8 Å². The van der Waals surface area contributed by atoms with Gasteiger partial charge in [-0.15, -0.1) is 0 Å². The zero-order chi connectivity index (χ0) is 12.3. The van der Waals surface area contributed by atoms with Crippen LogP contribution in [0, 0.1) is 0 Å². The van der Waals surface area contributed by atoms with E-state index < -0.39 is 13.2 Å². The number of rotatable bonds is 3. The van der Waals surface area contributed by atoms with Crippen molar-refractivity contribution >= 4 is 18.7 Å². The number of nitrogens with two attached hydrogens (primary N) is 1. The minimum absolute atomic E-state index is 0.0276. The highest BCUT2D eigenvalue weighted by Crippen LogP contribution is 2.34. The molecule has 0 spiro atoms. The SMILES string of the molecule is COc1nc(P(C)(C)=O)cnc1OC(N)=O. The Labute approximate surface area is 92.3 Å². The molecule has 0 aliphatic carbocycles. The summed E-state index contributed by atoms with van der Waals surface area (Å²) in [5.41, 5.74) is 5.13. The molecule has 1 aromatic heterocycles. The first kappa shape index (κ1) is 12.4. The zero-order valence-electron chi connectivity index (χ0n) is 9.13. The van der Waals surface area contributed by atoms with E-state index in [1.807, 2.05) is 0 Å². The Bertz CT molecular complexity index is 457. The molecule has 0 aliphatic heterocycles. The van der Waals surface area contributed by atoms with Crippen LogP contribution in [0.15, 0.2) is 6.20 Å². The number of aromatic nitrogens is 2. The monoisotopic (exact) mass is 245 g/mol. The highest BCUT2D eigenvalue weighted by molar-refractivity contribution is 7.69. The molecular weight excluding hydrogens is 233 g/mol. The predicted octanol–water partition coefficient (Wildman–Crippen LogP) is 0.191. The predicted molar refractivity (Wildman–Crippen MR) is 57.9 cm³/mol. The van der Waals surface area contributed by atoms with Crippen molar-refractivity contribution in [2.75, 3.05) is 20.4 Å². The maximum atomic E-state index is 11.7. The van der Waals surface area contributed by atoms with Crippen molar-refractivity contribution in [3.63, 3.8) is 0 Å². The van der Waals surface area contributed by atoms with E-state index >= 15 is 0 Å². The summed E-state index contributed by atoms with van der Waals surface area (Å²) in [7, 11) is -1.21. The molecule has 0 aromatic carbocycles. The molecule has 88 valence electrons. The van der Waals surface area contributed by atoms with Crippen LogP contribution < -0.4 is 20.6 Å². The van der Waals surface area contributed by atoms with Gasteiger partial charge in [-0.25, -0.2) is 14.8 Å². The summed E-state index contributed by atoms with van der Waals surface area (Å²) in [5, 5.41) is 0. The van der Waals surface area contributed by atoms with Gasteiger partial charge in [-0.3, -0.25) is 0 Å². The summed E-state index contributed by atoms with van der Waals surface area (Å²) in [4.78, 5) is 18.2. The maximum Gasteiger partial charge on any atom is 0.411 e. The first-order chi connectivity index (χ1) is 7.34. The van der Waals surface area contributed by atoms with Crippen LogP contribution in [0.3, 0.4) is 0 Å². The van der Waals surface area contributed by atoms with Crippen molar-refractivity contribution in [2.24, 2.45) is 5.73 Å². The van der Waals surface area contributed by atoms with Gasteiger partial charge >= 0.3 is 6.09 Å². The second-order valence-corrected chi connectivity index (χ2v) is 6.47. The molecule has 0 atom stereocenters. The lowest BCUT2D eigenvalue weighted by Gasteiger charge is -2.09. The van der Waals surface area contributed by atoms with Crippen molar-refractivity contribution in [1.29, 1.82) is 0 Å². The topological polar surface area (TPSA) is 104 Å². The molecule has 1 rings (SSSR count). The van der Waals surface area contributed by atoms with E-state index in [0.29, 0.717) is 5.44 Å². The van der Waals surface area contributed by atoms with Crippen LogP contribution in [0.2, 0.25) is 0 Å². The smallest absolute Gasteiger partial charge is 0.411 e. The largest absolute Gasteiger partial charge is 0.477 e. The van der Waals surface area contributed by atoms with Crippen LogP contribution in [0.5, 0.6) is 11.8 Å². The molecule has 0 radical (unpaired) electrons. The molecule has 8 heteroatoms. The number of hydrogen-bond acceptors (Lipinski definition) is 6. The van der Waals surface area contributed by atoms with E-state index in [9.17, 15) is 9.36 Å². The highest BCUT2D eigenvalue weighted by Gasteiger charge is 2.18. The summed E-state index contributed by atoms with van der Waals surface area (Å²) in [6.07, 6.45) is 0.248. The summed E-state index contributed by atoms with van der Waals surface area (Å²) < 4.78 is 21.1. The van der Waals surface area contributed by atoms with Gasteiger partial charge in [0.2, 0.25) is 0 Å². The van der Waals surface area contributed by atoms with Crippen LogP contribution in [-0.4, -0.2) is 36.5 Å². The zero-order valence-corrected chi connectivity index (χ0v) is 10.0. The molecule has 1 aromatic rings. The Balaban J connectivity index is 3.17. The molecule has 0 fully saturated rings. The number of hydrogen-bond donors (Lipinski definition) is 1. The number of amides is 1. The van der Waals surface area contributed by atoms with Crippen molar-refractivity contribution in [3.8, 4) is 11.8 Å². The minimum Gasteiger partial charge on any atom is -0.477 e. The number of carbonyl (C=O) groups excluding carboxylic acids is 1. The molecule has 7 nitrogen and oxygen atoms in total. The first-order valence-corrected chi connectivity index (χ1v) is 6.88. The van der Waals surface area contributed by atoms with Crippen LogP contribution in [0.1, 0.15) is 0 Å². The second-order valence-electron chi connectivity index (χ2n) is 3.31. The normalized spacial score (nSPS) is 10.9. The third-order valence-electron chi connectivity index (χ3n) is 1.64. The Morgan fingerprint density at radius 1 is 1.44 bits per heavy atom. The van der Waals surface area contributed by atoms with Gasteiger partial charge in [0, 0.05) is 0 Å². The number of nitrogens with zero attached hydrogens (tertiary/aromatic N) is 2. The molecular formula is C8H12N3O4P. The van der Waals surface area contributed by atoms with Crippen molar-refractivity contribution in [3.05, 3.63) is 6.20 Å². The maximum absolute atomic E-state index is 11.7. The molecule has 0 aliphatic rings. The van der Waals surface area contributed by atoms with Gasteiger partial charge in [0.25, 0.3) is 11.8 Å². The number of carbonyl (C=O) groups is 1. The Morgan fingerprint density at radius 2 is 2.06 bits per heavy atom. The van der Waals surface area contributed by atoms with Gasteiger partial charge in [-0.2, -0.15) is 0 Å². The fraction of sp³-hybridized carbons (Fsp3) is 0.375. The van der Waals surface area contributed by atoms with Gasteiger partial charge in [0.15, 0.2) is 0 Å². The molecule has 0 saturated heterocycles. The van der Waals surface area contributed by atoms with Crippen molar-refractivity contribution in [2.45, 2.75) is 0 Å². The lowest BCUT2D eigenvalue weighted by Crippen LogP contribution is -2.19. The molecule has 16 heavy (non-hydrogen) atoms. The number of primary amides is 1. The lowest BCUT2D eigenvalue weighted by molar-refractivity contribution is 0.206. The van der Waals surface area contributed by atoms with E-state index in [2.05, 4.69) is 14.7 Å². The van der Waals surface area contributed by atoms with Gasteiger partial charge in [0.1, 0.15) is 12.6 Å². The van der Waals surface area contributed by atoms with E-state index in [1.165, 1.54) is 13.3 Å². The second kappa shape index (κ2) is 4.49. The fourth-order valence-electron chi connectivity index (χ4n) is 0.910. The summed E-state index contributed by atoms with van der Waals surface area (Å²) >= 11 is 0. The van der Waals surface area contributed by atoms with Crippen LogP contribution in [-0.2, 0) is 4.57 Å². The standard InChI is InChI=1S/C8H12N3O4P/c1-14-7-6(15-8(9)12)10-4-5(11-7)16(2,3)13/h4H,1-3H3,(H2,9,12).